The van der Waals surface area contributed by atoms with Gasteiger partial charge in [-0.1, -0.05) is 5.10 Å². The fourth-order valence-electron chi connectivity index (χ4n) is 1.53. The van der Waals surface area contributed by atoms with Gasteiger partial charge in [0.05, 0.1) is 6.26 Å². The molecule has 2 aromatic rings. The molecule has 2 heterocycles. The zero-order chi connectivity index (χ0) is 12.1. The SMILES string of the molecule is CC(Cc1ccco1)Nc1nnc(CCN)o1. The number of aromatic nitrogens is 2. The summed E-state index contributed by atoms with van der Waals surface area (Å²) in [6.07, 6.45) is 3.02. The molecule has 6 heteroatoms. The average Bonchev–Trinajstić information content (AvgIpc) is 2.91. The Bertz CT molecular complexity index is 438. The third-order valence-corrected chi connectivity index (χ3v) is 2.28. The molecular weight excluding hydrogens is 220 g/mol. The summed E-state index contributed by atoms with van der Waals surface area (Å²) >= 11 is 0. The highest BCUT2D eigenvalue weighted by Crippen LogP contribution is 2.10. The van der Waals surface area contributed by atoms with Crippen LogP contribution in [0, 0.1) is 0 Å². The van der Waals surface area contributed by atoms with Gasteiger partial charge < -0.3 is 19.9 Å². The molecule has 0 aromatic carbocycles. The lowest BCUT2D eigenvalue weighted by atomic mass is 10.2. The van der Waals surface area contributed by atoms with Crippen LogP contribution < -0.4 is 11.1 Å². The topological polar surface area (TPSA) is 90.1 Å². The Morgan fingerprint density at radius 1 is 1.47 bits per heavy atom. The minimum atomic E-state index is 0.160. The van der Waals surface area contributed by atoms with Crippen molar-refractivity contribution in [3.8, 4) is 0 Å². The van der Waals surface area contributed by atoms with Crippen molar-refractivity contribution in [2.75, 3.05) is 11.9 Å². The predicted octanol–water partition coefficient (Wildman–Crippen LogP) is 1.21. The molecule has 17 heavy (non-hydrogen) atoms. The number of nitrogens with two attached hydrogens (primary N) is 1. The van der Waals surface area contributed by atoms with Gasteiger partial charge in [-0.3, -0.25) is 0 Å². The van der Waals surface area contributed by atoms with Crippen molar-refractivity contribution >= 4 is 6.01 Å². The average molecular weight is 236 g/mol. The van der Waals surface area contributed by atoms with Crippen molar-refractivity contribution < 1.29 is 8.83 Å². The van der Waals surface area contributed by atoms with Gasteiger partial charge in [0.2, 0.25) is 5.89 Å². The number of hydrogen-bond acceptors (Lipinski definition) is 6. The minimum Gasteiger partial charge on any atom is -0.469 e. The Kier molecular flexibility index (Phi) is 3.77. The number of anilines is 1. The van der Waals surface area contributed by atoms with Gasteiger partial charge in [-0.2, -0.15) is 0 Å². The molecule has 0 aliphatic rings. The highest BCUT2D eigenvalue weighted by atomic mass is 16.4. The van der Waals surface area contributed by atoms with Gasteiger partial charge in [-0.15, -0.1) is 5.10 Å². The largest absolute Gasteiger partial charge is 0.469 e. The molecule has 2 aromatic heterocycles. The first-order valence-corrected chi connectivity index (χ1v) is 5.59. The van der Waals surface area contributed by atoms with E-state index in [1.54, 1.807) is 6.26 Å². The summed E-state index contributed by atoms with van der Waals surface area (Å²) in [5.74, 6) is 1.48. The van der Waals surface area contributed by atoms with E-state index in [1.165, 1.54) is 0 Å². The van der Waals surface area contributed by atoms with Crippen molar-refractivity contribution in [3.63, 3.8) is 0 Å². The van der Waals surface area contributed by atoms with Gasteiger partial charge in [-0.25, -0.2) is 0 Å². The second-order valence-corrected chi connectivity index (χ2v) is 3.87. The van der Waals surface area contributed by atoms with Crippen LogP contribution in [0.4, 0.5) is 6.01 Å². The molecule has 0 amide bonds. The van der Waals surface area contributed by atoms with E-state index in [-0.39, 0.29) is 6.04 Å². The highest BCUT2D eigenvalue weighted by Gasteiger charge is 2.10. The Balaban J connectivity index is 1.86. The third-order valence-electron chi connectivity index (χ3n) is 2.28. The van der Waals surface area contributed by atoms with E-state index in [4.69, 9.17) is 14.6 Å². The van der Waals surface area contributed by atoms with Crippen LogP contribution in [-0.2, 0) is 12.8 Å². The number of hydrogen-bond donors (Lipinski definition) is 2. The number of rotatable bonds is 6. The second-order valence-electron chi connectivity index (χ2n) is 3.87. The highest BCUT2D eigenvalue weighted by molar-refractivity contribution is 5.20. The molecule has 6 nitrogen and oxygen atoms in total. The van der Waals surface area contributed by atoms with E-state index in [0.717, 1.165) is 12.2 Å². The summed E-state index contributed by atoms with van der Waals surface area (Å²) in [7, 11) is 0. The molecule has 0 spiro atoms. The lowest BCUT2D eigenvalue weighted by molar-refractivity contribution is 0.482. The van der Waals surface area contributed by atoms with Gasteiger partial charge in [0.15, 0.2) is 0 Å². The molecule has 0 aliphatic heterocycles. The standard InChI is InChI=1S/C11H16N4O2/c1-8(7-9-3-2-6-16-9)13-11-15-14-10(17-11)4-5-12/h2-3,6,8H,4-5,7,12H2,1H3,(H,13,15). The van der Waals surface area contributed by atoms with Crippen LogP contribution in [-0.4, -0.2) is 22.8 Å². The lowest BCUT2D eigenvalue weighted by Gasteiger charge is -2.09. The van der Waals surface area contributed by atoms with Crippen LogP contribution in [0.15, 0.2) is 27.2 Å². The van der Waals surface area contributed by atoms with Crippen molar-refractivity contribution in [1.82, 2.24) is 10.2 Å². The first kappa shape index (κ1) is 11.7. The molecule has 1 atom stereocenters. The summed E-state index contributed by atoms with van der Waals surface area (Å²) in [5.41, 5.74) is 5.40. The molecule has 0 fully saturated rings. The number of nitrogens with one attached hydrogen (secondary N) is 1. The van der Waals surface area contributed by atoms with Gasteiger partial charge in [0.1, 0.15) is 5.76 Å². The van der Waals surface area contributed by atoms with E-state index >= 15 is 0 Å². The summed E-state index contributed by atoms with van der Waals surface area (Å²) in [6, 6.07) is 4.39. The predicted molar refractivity (Wildman–Crippen MR) is 62.6 cm³/mol. The fourth-order valence-corrected chi connectivity index (χ4v) is 1.53. The van der Waals surface area contributed by atoms with E-state index in [0.29, 0.717) is 24.9 Å². The van der Waals surface area contributed by atoms with Gasteiger partial charge >= 0.3 is 6.01 Å². The lowest BCUT2D eigenvalue weighted by Crippen LogP contribution is -2.17. The van der Waals surface area contributed by atoms with Crippen LogP contribution >= 0.6 is 0 Å². The zero-order valence-corrected chi connectivity index (χ0v) is 9.72. The van der Waals surface area contributed by atoms with Crippen LogP contribution in [0.2, 0.25) is 0 Å². The maximum absolute atomic E-state index is 5.40. The molecule has 92 valence electrons. The van der Waals surface area contributed by atoms with Crippen molar-refractivity contribution in [1.29, 1.82) is 0 Å². The van der Waals surface area contributed by atoms with E-state index in [2.05, 4.69) is 15.5 Å². The van der Waals surface area contributed by atoms with Crippen LogP contribution in [0.25, 0.3) is 0 Å². The van der Waals surface area contributed by atoms with E-state index < -0.39 is 0 Å². The number of furan rings is 1. The van der Waals surface area contributed by atoms with Crippen molar-refractivity contribution in [2.24, 2.45) is 5.73 Å². The third kappa shape index (κ3) is 3.32. The minimum absolute atomic E-state index is 0.160. The smallest absolute Gasteiger partial charge is 0.315 e. The summed E-state index contributed by atoms with van der Waals surface area (Å²) in [6.45, 7) is 2.53. The molecule has 1 unspecified atom stereocenters. The Morgan fingerprint density at radius 2 is 2.35 bits per heavy atom. The maximum Gasteiger partial charge on any atom is 0.315 e. The second kappa shape index (κ2) is 5.49. The molecule has 0 radical (unpaired) electrons. The zero-order valence-electron chi connectivity index (χ0n) is 9.72. The normalized spacial score (nSPS) is 12.6. The van der Waals surface area contributed by atoms with Crippen LogP contribution in [0.1, 0.15) is 18.6 Å². The Hall–Kier alpha value is -1.82. The Labute approximate surface area is 99.2 Å². The molecule has 2 rings (SSSR count). The van der Waals surface area contributed by atoms with Crippen LogP contribution in [0.5, 0.6) is 0 Å². The molecule has 0 saturated carbocycles. The summed E-state index contributed by atoms with van der Waals surface area (Å²) in [5, 5.41) is 10.9. The first-order valence-electron chi connectivity index (χ1n) is 5.59. The van der Waals surface area contributed by atoms with Gasteiger partial charge in [0, 0.05) is 25.4 Å². The molecule has 0 aliphatic carbocycles. The van der Waals surface area contributed by atoms with Crippen LogP contribution in [0.3, 0.4) is 0 Å². The van der Waals surface area contributed by atoms with Gasteiger partial charge in [0.25, 0.3) is 0 Å². The molecule has 0 bridgehead atoms. The van der Waals surface area contributed by atoms with Crippen molar-refractivity contribution in [2.45, 2.75) is 25.8 Å². The first-order chi connectivity index (χ1) is 8.28. The van der Waals surface area contributed by atoms with Crippen molar-refractivity contribution in [3.05, 3.63) is 30.0 Å². The molecular formula is C11H16N4O2. The Morgan fingerprint density at radius 3 is 3.06 bits per heavy atom. The summed E-state index contributed by atoms with van der Waals surface area (Å²) in [4.78, 5) is 0. The fraction of sp³-hybridized carbons (Fsp3) is 0.455. The van der Waals surface area contributed by atoms with Gasteiger partial charge in [-0.05, 0) is 19.1 Å². The monoisotopic (exact) mass is 236 g/mol. The summed E-state index contributed by atoms with van der Waals surface area (Å²) < 4.78 is 10.6. The quantitative estimate of drug-likeness (QED) is 0.783. The van der Waals surface area contributed by atoms with E-state index in [1.807, 2.05) is 19.1 Å². The molecule has 0 saturated heterocycles. The maximum atomic E-state index is 5.40. The number of nitrogens with zero attached hydrogens (tertiary/aromatic N) is 2. The molecule has 3 N–H and O–H groups in total. The van der Waals surface area contributed by atoms with E-state index in [9.17, 15) is 0 Å².